The first kappa shape index (κ1) is 15.9. The zero-order valence-electron chi connectivity index (χ0n) is 14.3. The summed E-state index contributed by atoms with van der Waals surface area (Å²) in [7, 11) is 0. The number of nitrogens with one attached hydrogen (secondary N) is 2. The van der Waals surface area contributed by atoms with Crippen molar-refractivity contribution in [2.24, 2.45) is 0 Å². The van der Waals surface area contributed by atoms with Gasteiger partial charge < -0.3 is 14.8 Å². The van der Waals surface area contributed by atoms with Crippen LogP contribution in [0.1, 0.15) is 49.2 Å². The van der Waals surface area contributed by atoms with Crippen LogP contribution in [0.2, 0.25) is 0 Å². The molecule has 0 bridgehead atoms. The van der Waals surface area contributed by atoms with Gasteiger partial charge in [0.1, 0.15) is 17.6 Å². The number of fused-ring (bicyclic) bond motifs is 1. The summed E-state index contributed by atoms with van der Waals surface area (Å²) in [6, 6.07) is 4.47. The largest absolute Gasteiger partial charge is 0.494 e. The van der Waals surface area contributed by atoms with Crippen molar-refractivity contribution < 1.29 is 9.47 Å². The molecule has 0 saturated carbocycles. The van der Waals surface area contributed by atoms with Gasteiger partial charge in [0.2, 0.25) is 0 Å². The van der Waals surface area contributed by atoms with Gasteiger partial charge in [-0.3, -0.25) is 5.10 Å². The van der Waals surface area contributed by atoms with E-state index >= 15 is 0 Å². The highest BCUT2D eigenvalue weighted by Crippen LogP contribution is 2.35. The maximum atomic E-state index is 5.88. The van der Waals surface area contributed by atoms with Crippen LogP contribution < -0.4 is 14.8 Å². The van der Waals surface area contributed by atoms with E-state index in [0.29, 0.717) is 6.61 Å². The van der Waals surface area contributed by atoms with E-state index in [4.69, 9.17) is 9.47 Å². The normalized spacial score (nSPS) is 17.7. The summed E-state index contributed by atoms with van der Waals surface area (Å²) in [5, 5.41) is 10.6. The van der Waals surface area contributed by atoms with Gasteiger partial charge in [-0.2, -0.15) is 5.10 Å². The Hall–Kier alpha value is -2.01. The van der Waals surface area contributed by atoms with Crippen LogP contribution in [0.3, 0.4) is 0 Å². The summed E-state index contributed by atoms with van der Waals surface area (Å²) in [5.74, 6) is 1.94. The second-order valence-electron chi connectivity index (χ2n) is 6.19. The third-order valence-electron chi connectivity index (χ3n) is 4.31. The highest BCUT2D eigenvalue weighted by atomic mass is 16.5. The number of nitrogens with zero attached hydrogens (tertiary/aromatic N) is 1. The van der Waals surface area contributed by atoms with Crippen LogP contribution >= 0.6 is 0 Å². The molecule has 2 atom stereocenters. The smallest absolute Gasteiger partial charge is 0.124 e. The van der Waals surface area contributed by atoms with Gasteiger partial charge in [-0.1, -0.05) is 0 Å². The number of aryl methyl sites for hydroxylation is 1. The summed E-state index contributed by atoms with van der Waals surface area (Å²) in [6.45, 7) is 9.69. The summed E-state index contributed by atoms with van der Waals surface area (Å²) in [5.41, 5.74) is 4.66. The van der Waals surface area contributed by atoms with Crippen LogP contribution in [-0.2, 0) is 13.0 Å². The number of aromatic amines is 1. The molecule has 2 aromatic rings. The Kier molecular flexibility index (Phi) is 4.57. The van der Waals surface area contributed by atoms with Crippen LogP contribution in [-0.4, -0.2) is 22.9 Å². The second kappa shape index (κ2) is 6.62. The number of rotatable bonds is 6. The Balaban J connectivity index is 1.76. The van der Waals surface area contributed by atoms with Gasteiger partial charge in [0, 0.05) is 41.4 Å². The maximum Gasteiger partial charge on any atom is 0.124 e. The van der Waals surface area contributed by atoms with Gasteiger partial charge in [0.25, 0.3) is 0 Å². The van der Waals surface area contributed by atoms with Gasteiger partial charge >= 0.3 is 0 Å². The molecule has 2 heterocycles. The molecule has 0 fully saturated rings. The quantitative estimate of drug-likeness (QED) is 0.859. The fourth-order valence-electron chi connectivity index (χ4n) is 3.08. The van der Waals surface area contributed by atoms with Crippen molar-refractivity contribution in [1.82, 2.24) is 15.5 Å². The van der Waals surface area contributed by atoms with Crippen molar-refractivity contribution in [3.8, 4) is 11.5 Å². The molecule has 1 aromatic heterocycles. The molecule has 2 N–H and O–H groups in total. The molecule has 5 nitrogen and oxygen atoms in total. The van der Waals surface area contributed by atoms with Crippen LogP contribution in [0.25, 0.3) is 0 Å². The van der Waals surface area contributed by atoms with Gasteiger partial charge in [-0.15, -0.1) is 0 Å². The van der Waals surface area contributed by atoms with E-state index in [0.717, 1.165) is 35.7 Å². The Labute approximate surface area is 137 Å². The molecule has 5 heteroatoms. The first-order chi connectivity index (χ1) is 11.1. The summed E-state index contributed by atoms with van der Waals surface area (Å²) >= 11 is 0. The molecular weight excluding hydrogens is 290 g/mol. The van der Waals surface area contributed by atoms with E-state index in [1.807, 2.05) is 20.0 Å². The molecule has 1 aromatic carbocycles. The van der Waals surface area contributed by atoms with E-state index in [1.54, 1.807) is 0 Å². The topological polar surface area (TPSA) is 59.2 Å². The molecule has 3 rings (SSSR count). The molecule has 0 radical (unpaired) electrons. The van der Waals surface area contributed by atoms with Crippen molar-refractivity contribution in [2.75, 3.05) is 6.61 Å². The number of hydrogen-bond donors (Lipinski definition) is 2. The minimum atomic E-state index is 0.219. The lowest BCUT2D eigenvalue weighted by atomic mass is 10.1. The average Bonchev–Trinajstić information content (AvgIpc) is 3.09. The van der Waals surface area contributed by atoms with Crippen LogP contribution in [0, 0.1) is 6.92 Å². The molecule has 0 aliphatic carbocycles. The Morgan fingerprint density at radius 3 is 3.00 bits per heavy atom. The predicted octanol–water partition coefficient (Wildman–Crippen LogP) is 3.29. The number of ether oxygens (including phenoxy) is 2. The summed E-state index contributed by atoms with van der Waals surface area (Å²) < 4.78 is 11.7. The summed E-state index contributed by atoms with van der Waals surface area (Å²) in [6.07, 6.45) is 3.08. The Bertz CT molecular complexity index is 681. The first-order valence-corrected chi connectivity index (χ1v) is 8.27. The Morgan fingerprint density at radius 2 is 2.30 bits per heavy atom. The highest BCUT2D eigenvalue weighted by molar-refractivity contribution is 5.48. The van der Waals surface area contributed by atoms with Crippen molar-refractivity contribution in [2.45, 2.75) is 52.8 Å². The minimum absolute atomic E-state index is 0.219. The Morgan fingerprint density at radius 1 is 1.48 bits per heavy atom. The van der Waals surface area contributed by atoms with Gasteiger partial charge in [-0.05, 0) is 39.8 Å². The average molecular weight is 315 g/mol. The molecule has 2 unspecified atom stereocenters. The molecule has 23 heavy (non-hydrogen) atoms. The number of H-pyrrole nitrogens is 1. The minimum Gasteiger partial charge on any atom is -0.494 e. The second-order valence-corrected chi connectivity index (χ2v) is 6.19. The SMILES string of the molecule is CCOc1cc2c(cc1CNC(C)c1cn[nH]c1C)OC(C)C2. The summed E-state index contributed by atoms with van der Waals surface area (Å²) in [4.78, 5) is 0. The van der Waals surface area contributed by atoms with Gasteiger partial charge in [0.05, 0.1) is 12.8 Å². The van der Waals surface area contributed by atoms with Gasteiger partial charge in [0.15, 0.2) is 0 Å². The van der Waals surface area contributed by atoms with E-state index in [1.165, 1.54) is 11.1 Å². The lowest BCUT2D eigenvalue weighted by molar-refractivity contribution is 0.254. The zero-order chi connectivity index (χ0) is 16.4. The standard InChI is InChI=1S/C18H25N3O2/c1-5-22-17-7-14-6-11(2)23-18(14)8-15(17)9-19-12(3)16-10-20-21-13(16)4/h7-8,10-12,19H,5-6,9H2,1-4H3,(H,20,21). The highest BCUT2D eigenvalue weighted by Gasteiger charge is 2.22. The number of hydrogen-bond acceptors (Lipinski definition) is 4. The molecule has 0 spiro atoms. The van der Waals surface area contributed by atoms with E-state index in [-0.39, 0.29) is 12.1 Å². The number of benzene rings is 1. The molecule has 0 saturated heterocycles. The maximum absolute atomic E-state index is 5.88. The third-order valence-corrected chi connectivity index (χ3v) is 4.31. The van der Waals surface area contributed by atoms with E-state index in [9.17, 15) is 0 Å². The van der Waals surface area contributed by atoms with Crippen molar-refractivity contribution in [3.05, 3.63) is 40.7 Å². The van der Waals surface area contributed by atoms with Crippen LogP contribution in [0.5, 0.6) is 11.5 Å². The van der Waals surface area contributed by atoms with Crippen LogP contribution in [0.15, 0.2) is 18.3 Å². The lowest BCUT2D eigenvalue weighted by Crippen LogP contribution is -2.19. The molecule has 0 amide bonds. The first-order valence-electron chi connectivity index (χ1n) is 8.27. The van der Waals surface area contributed by atoms with E-state index in [2.05, 4.69) is 41.5 Å². The van der Waals surface area contributed by atoms with Crippen molar-refractivity contribution >= 4 is 0 Å². The van der Waals surface area contributed by atoms with Crippen molar-refractivity contribution in [1.29, 1.82) is 0 Å². The van der Waals surface area contributed by atoms with E-state index < -0.39 is 0 Å². The fourth-order valence-corrected chi connectivity index (χ4v) is 3.08. The lowest BCUT2D eigenvalue weighted by Gasteiger charge is -2.17. The van der Waals surface area contributed by atoms with Crippen molar-refractivity contribution in [3.63, 3.8) is 0 Å². The third kappa shape index (κ3) is 3.34. The van der Waals surface area contributed by atoms with Crippen LogP contribution in [0.4, 0.5) is 0 Å². The molecular formula is C18H25N3O2. The molecule has 1 aliphatic heterocycles. The zero-order valence-corrected chi connectivity index (χ0v) is 14.3. The van der Waals surface area contributed by atoms with Gasteiger partial charge in [-0.25, -0.2) is 0 Å². The monoisotopic (exact) mass is 315 g/mol. The fraction of sp³-hybridized carbons (Fsp3) is 0.500. The predicted molar refractivity (Wildman–Crippen MR) is 90.0 cm³/mol. The molecule has 124 valence electrons. The number of aromatic nitrogens is 2. The molecule has 1 aliphatic rings.